The summed E-state index contributed by atoms with van der Waals surface area (Å²) in [5.74, 6) is 0.745. The quantitative estimate of drug-likeness (QED) is 0.191. The van der Waals surface area contributed by atoms with Crippen molar-refractivity contribution < 1.29 is 18.3 Å². The smallest absolute Gasteiger partial charge is 0.314 e. The zero-order valence-electron chi connectivity index (χ0n) is 27.1. The van der Waals surface area contributed by atoms with Crippen molar-refractivity contribution in [3.8, 4) is 28.3 Å². The largest absolute Gasteiger partial charge is 0.472 e. The minimum Gasteiger partial charge on any atom is -0.472 e. The molecule has 2 aliphatic heterocycles. The highest BCUT2D eigenvalue weighted by atomic mass is 19.1. The molecule has 0 saturated carbocycles. The number of morpholine rings is 1. The summed E-state index contributed by atoms with van der Waals surface area (Å²) in [5, 5.41) is 2.19. The minimum atomic E-state index is -1.16. The lowest BCUT2D eigenvalue weighted by atomic mass is 9.76. The summed E-state index contributed by atoms with van der Waals surface area (Å²) < 4.78 is 40.8. The molecule has 9 rings (SSSR count). The molecule has 1 unspecified atom stereocenters. The number of aromatic nitrogens is 3. The van der Waals surface area contributed by atoms with E-state index in [0.717, 1.165) is 52.0 Å². The maximum Gasteiger partial charge on any atom is 0.314 e. The Bertz CT molecular complexity index is 2280. The Labute approximate surface area is 282 Å². The third kappa shape index (κ3) is 4.58. The Morgan fingerprint density at radius 1 is 0.714 bits per heavy atom. The second kappa shape index (κ2) is 11.0. The summed E-state index contributed by atoms with van der Waals surface area (Å²) in [6.45, 7) is 7.66. The van der Waals surface area contributed by atoms with Crippen LogP contribution in [0.15, 0.2) is 103 Å². The molecule has 8 heteroatoms. The minimum absolute atomic E-state index is 0.0748. The lowest BCUT2D eigenvalue weighted by Gasteiger charge is -2.39. The van der Waals surface area contributed by atoms with Crippen molar-refractivity contribution in [2.45, 2.75) is 24.9 Å². The van der Waals surface area contributed by atoms with Gasteiger partial charge < -0.3 is 14.4 Å². The molecule has 6 aromatic rings. The van der Waals surface area contributed by atoms with Crippen molar-refractivity contribution in [3.63, 3.8) is 0 Å². The van der Waals surface area contributed by atoms with Crippen molar-refractivity contribution in [2.75, 3.05) is 31.2 Å². The normalized spacial score (nSPS) is 18.9. The summed E-state index contributed by atoms with van der Waals surface area (Å²) in [5.41, 5.74) is 8.26. The van der Waals surface area contributed by atoms with E-state index in [9.17, 15) is 8.78 Å². The third-order valence-corrected chi connectivity index (χ3v) is 10.3. The number of halogens is 2. The second-order valence-corrected chi connectivity index (χ2v) is 13.3. The fourth-order valence-corrected chi connectivity index (χ4v) is 7.94. The van der Waals surface area contributed by atoms with Gasteiger partial charge in [-0.25, -0.2) is 0 Å². The third-order valence-electron chi connectivity index (χ3n) is 10.3. The molecule has 0 bridgehead atoms. The number of ether oxygens (including phenoxy) is 2. The Morgan fingerprint density at radius 2 is 1.35 bits per heavy atom. The highest BCUT2D eigenvalue weighted by Crippen LogP contribution is 2.58. The van der Waals surface area contributed by atoms with Crippen LogP contribution in [0.5, 0.6) is 5.75 Å². The molecule has 1 aromatic heterocycles. The van der Waals surface area contributed by atoms with Gasteiger partial charge in [-0.05, 0) is 45.8 Å². The fraction of sp³-hybridized carbons (Fsp3) is 0.195. The zero-order valence-corrected chi connectivity index (χ0v) is 27.1. The van der Waals surface area contributed by atoms with E-state index < -0.39 is 17.8 Å². The van der Waals surface area contributed by atoms with Crippen LogP contribution < -0.4 is 9.64 Å². The van der Waals surface area contributed by atoms with E-state index in [1.165, 1.54) is 22.3 Å². The van der Waals surface area contributed by atoms with Crippen molar-refractivity contribution in [2.24, 2.45) is 0 Å². The van der Waals surface area contributed by atoms with E-state index in [4.69, 9.17) is 9.47 Å². The van der Waals surface area contributed by atoms with E-state index in [1.54, 1.807) is 12.1 Å². The van der Waals surface area contributed by atoms with Gasteiger partial charge >= 0.3 is 12.2 Å². The summed E-state index contributed by atoms with van der Waals surface area (Å²) >= 11 is 0. The summed E-state index contributed by atoms with van der Waals surface area (Å²) in [6, 6.07) is 33.0. The zero-order chi connectivity index (χ0) is 33.3. The van der Waals surface area contributed by atoms with Gasteiger partial charge in [0.25, 0.3) is 0 Å². The molecule has 1 fully saturated rings. The van der Waals surface area contributed by atoms with Crippen molar-refractivity contribution in [1.29, 1.82) is 0 Å². The standard InChI is InChI=1S/C41H32F2N4O2/c1-40(2)33-10-6-5-9-31(33)34-29-7-3-4-8-30(29)36-32(35(34)40)19-20-41(49-36,27-15-17-28(18-16-27)47-21-23-48-24-22-47)26-13-11-25(12-14-26)37-44-38(42)46-39(43)45-37/h3-20H,21-24H2,1-2H3. The predicted octanol–water partition coefficient (Wildman–Crippen LogP) is 8.46. The molecule has 49 heavy (non-hydrogen) atoms. The van der Waals surface area contributed by atoms with Gasteiger partial charge in [0.15, 0.2) is 11.4 Å². The fourth-order valence-electron chi connectivity index (χ4n) is 7.94. The van der Waals surface area contributed by atoms with Crippen molar-refractivity contribution >= 4 is 22.5 Å². The molecular formula is C41H32F2N4O2. The SMILES string of the molecule is CC1(C)c2ccccc2-c2c1c1c(c3ccccc23)OC(c2ccc(-c3nc(F)nc(F)n3)cc2)(c2ccc(N3CCOCC3)cc2)C=C1. The summed E-state index contributed by atoms with van der Waals surface area (Å²) in [6.07, 6.45) is 2.04. The van der Waals surface area contributed by atoms with Gasteiger partial charge in [0.05, 0.1) is 13.2 Å². The van der Waals surface area contributed by atoms with Crippen LogP contribution in [0.1, 0.15) is 41.7 Å². The van der Waals surface area contributed by atoms with Crippen molar-refractivity contribution in [1.82, 2.24) is 15.0 Å². The van der Waals surface area contributed by atoms with Crippen LogP contribution in [0.25, 0.3) is 39.4 Å². The van der Waals surface area contributed by atoms with E-state index in [1.807, 2.05) is 12.1 Å². The molecule has 242 valence electrons. The van der Waals surface area contributed by atoms with Gasteiger partial charge in [0.2, 0.25) is 0 Å². The van der Waals surface area contributed by atoms with E-state index >= 15 is 0 Å². The lowest BCUT2D eigenvalue weighted by molar-refractivity contribution is 0.122. The molecule has 1 atom stereocenters. The summed E-state index contributed by atoms with van der Waals surface area (Å²) in [7, 11) is 0. The highest BCUT2D eigenvalue weighted by Gasteiger charge is 2.44. The number of anilines is 1. The average Bonchev–Trinajstić information content (AvgIpc) is 3.38. The number of hydrogen-bond donors (Lipinski definition) is 0. The topological polar surface area (TPSA) is 60.4 Å². The molecule has 3 aliphatic rings. The number of benzene rings is 5. The molecule has 1 saturated heterocycles. The van der Waals surface area contributed by atoms with Gasteiger partial charge in [-0.15, -0.1) is 0 Å². The van der Waals surface area contributed by atoms with Crippen LogP contribution in [0.2, 0.25) is 0 Å². The number of fused-ring (bicyclic) bond motifs is 8. The maximum absolute atomic E-state index is 13.9. The Hall–Kier alpha value is -5.47. The van der Waals surface area contributed by atoms with Gasteiger partial charge in [0, 0.05) is 51.8 Å². The van der Waals surface area contributed by atoms with Crippen LogP contribution >= 0.6 is 0 Å². The molecule has 3 heterocycles. The first-order valence-corrected chi connectivity index (χ1v) is 16.5. The van der Waals surface area contributed by atoms with Crippen LogP contribution in [0.3, 0.4) is 0 Å². The molecule has 0 spiro atoms. The van der Waals surface area contributed by atoms with Gasteiger partial charge in [0.1, 0.15) is 5.75 Å². The van der Waals surface area contributed by atoms with Crippen LogP contribution in [-0.4, -0.2) is 41.3 Å². The molecule has 0 amide bonds. The second-order valence-electron chi connectivity index (χ2n) is 13.3. The molecule has 0 N–H and O–H groups in total. The van der Waals surface area contributed by atoms with Crippen LogP contribution in [0, 0.1) is 12.2 Å². The molecule has 5 aromatic carbocycles. The molecule has 1 aliphatic carbocycles. The highest BCUT2D eigenvalue weighted by molar-refractivity contribution is 6.08. The Balaban J connectivity index is 1.24. The van der Waals surface area contributed by atoms with Gasteiger partial charge in [-0.2, -0.15) is 23.7 Å². The molecule has 6 nitrogen and oxygen atoms in total. The van der Waals surface area contributed by atoms with Crippen LogP contribution in [-0.2, 0) is 15.8 Å². The number of hydrogen-bond acceptors (Lipinski definition) is 6. The number of rotatable bonds is 4. The first kappa shape index (κ1) is 29.7. The summed E-state index contributed by atoms with van der Waals surface area (Å²) in [4.78, 5) is 12.8. The lowest BCUT2D eigenvalue weighted by Crippen LogP contribution is -2.37. The Morgan fingerprint density at radius 3 is 2.06 bits per heavy atom. The van der Waals surface area contributed by atoms with E-state index in [-0.39, 0.29) is 11.2 Å². The monoisotopic (exact) mass is 650 g/mol. The number of nitrogens with zero attached hydrogens (tertiary/aromatic N) is 4. The first-order valence-electron chi connectivity index (χ1n) is 16.5. The van der Waals surface area contributed by atoms with Gasteiger partial charge in [-0.1, -0.05) is 105 Å². The average molecular weight is 651 g/mol. The predicted molar refractivity (Wildman–Crippen MR) is 187 cm³/mol. The maximum atomic E-state index is 13.9. The van der Waals surface area contributed by atoms with Crippen LogP contribution in [0.4, 0.5) is 14.5 Å². The molecule has 0 radical (unpaired) electrons. The first-order chi connectivity index (χ1) is 23.8. The van der Waals surface area contributed by atoms with Crippen molar-refractivity contribution in [3.05, 3.63) is 143 Å². The van der Waals surface area contributed by atoms with E-state index in [2.05, 4.69) is 119 Å². The van der Waals surface area contributed by atoms with E-state index in [0.29, 0.717) is 18.8 Å². The molecular weight excluding hydrogens is 618 g/mol. The van der Waals surface area contributed by atoms with Gasteiger partial charge in [-0.3, -0.25) is 0 Å². The Kier molecular flexibility index (Phi) is 6.68.